The lowest BCUT2D eigenvalue weighted by atomic mass is 9.49. The van der Waals surface area contributed by atoms with E-state index in [2.05, 4.69) is 12.1 Å². The van der Waals surface area contributed by atoms with E-state index in [1.165, 1.54) is 18.4 Å². The van der Waals surface area contributed by atoms with Crippen molar-refractivity contribution in [3.05, 3.63) is 58.8 Å². The molecule has 1 saturated carbocycles. The quantitative estimate of drug-likeness (QED) is 0.600. The highest BCUT2D eigenvalue weighted by Crippen LogP contribution is 2.67. The van der Waals surface area contributed by atoms with E-state index in [-0.39, 0.29) is 17.9 Å². The molecule has 158 valence electrons. The van der Waals surface area contributed by atoms with Gasteiger partial charge >= 0.3 is 0 Å². The van der Waals surface area contributed by atoms with E-state index in [1.807, 2.05) is 18.2 Å². The van der Waals surface area contributed by atoms with Crippen LogP contribution in [0.15, 0.2) is 40.8 Å². The molecule has 8 rings (SSSR count). The third-order valence-corrected chi connectivity index (χ3v) is 9.12. The number of ether oxygens (including phenoxy) is 1. The number of benzene rings is 2. The predicted octanol–water partition coefficient (Wildman–Crippen LogP) is 2.42. The van der Waals surface area contributed by atoms with Crippen molar-refractivity contribution in [2.75, 3.05) is 13.1 Å². The van der Waals surface area contributed by atoms with Crippen LogP contribution >= 0.6 is 0 Å². The van der Waals surface area contributed by atoms with Gasteiger partial charge in [-0.3, -0.25) is 0 Å². The van der Waals surface area contributed by atoms with Crippen molar-refractivity contribution in [2.24, 2.45) is 5.92 Å². The second kappa shape index (κ2) is 5.28. The molecular formula is C26H26NO4+. The Labute approximate surface area is 180 Å². The Bertz CT molecular complexity index is 1280. The number of furan rings is 1. The second-order valence-corrected chi connectivity index (χ2v) is 10.5. The number of piperidine rings is 1. The smallest absolute Gasteiger partial charge is 0.170 e. The van der Waals surface area contributed by atoms with Gasteiger partial charge in [-0.25, -0.2) is 0 Å². The molecule has 3 N–H and O–H groups in total. The number of nitrogens with one attached hydrogen (secondary N) is 1. The van der Waals surface area contributed by atoms with Crippen LogP contribution in [0.2, 0.25) is 0 Å². The number of hydrogen-bond donors (Lipinski definition) is 3. The number of likely N-dealkylation sites (tertiary alicyclic amines) is 1. The average molecular weight is 416 g/mol. The van der Waals surface area contributed by atoms with Gasteiger partial charge < -0.3 is 24.3 Å². The van der Waals surface area contributed by atoms with E-state index in [4.69, 9.17) is 9.15 Å². The maximum Gasteiger partial charge on any atom is 0.170 e. The molecule has 2 aliphatic heterocycles. The summed E-state index contributed by atoms with van der Waals surface area (Å²) in [5, 5.41) is 24.5. The summed E-state index contributed by atoms with van der Waals surface area (Å²) in [6.07, 6.45) is 4.55. The fourth-order valence-corrected chi connectivity index (χ4v) is 7.65. The largest absolute Gasteiger partial charge is 0.504 e. The molecule has 2 aromatic carbocycles. The van der Waals surface area contributed by atoms with Crippen molar-refractivity contribution in [1.82, 2.24) is 0 Å². The first kappa shape index (κ1) is 17.1. The molecule has 1 aromatic heterocycles. The summed E-state index contributed by atoms with van der Waals surface area (Å²) in [6.45, 7) is 2.20. The summed E-state index contributed by atoms with van der Waals surface area (Å²) in [4.78, 5) is 1.55. The van der Waals surface area contributed by atoms with Crippen LogP contribution < -0.4 is 9.64 Å². The number of quaternary nitrogens is 1. The number of para-hydroxylation sites is 1. The molecule has 2 fully saturated rings. The molecule has 31 heavy (non-hydrogen) atoms. The maximum absolute atomic E-state index is 12.7. The van der Waals surface area contributed by atoms with Crippen molar-refractivity contribution in [3.8, 4) is 11.5 Å². The summed E-state index contributed by atoms with van der Waals surface area (Å²) in [7, 11) is 0. The average Bonchev–Trinajstić information content (AvgIpc) is 3.40. The molecule has 3 aromatic rings. The number of rotatable bonds is 2. The van der Waals surface area contributed by atoms with E-state index in [0.717, 1.165) is 59.7 Å². The molecular weight excluding hydrogens is 390 g/mol. The standard InChI is InChI=1S/C26H25NO4/c28-18-8-7-15-11-20-26(29)12-17-16-3-1-2-4-19(16)30-22(17)24-25(26,21(15)23(18)31-24)9-10-27(20)13-14-5-6-14/h1-4,7-8,14,20,24,28-29H,5-6,9-13H2/p+1/t20-,24+,25+,26-/m1/s1. The maximum atomic E-state index is 12.7. The highest BCUT2D eigenvalue weighted by Gasteiger charge is 2.75. The second-order valence-electron chi connectivity index (χ2n) is 10.5. The normalized spacial score (nSPS) is 36.7. The lowest BCUT2D eigenvalue weighted by molar-refractivity contribution is -0.944. The lowest BCUT2D eigenvalue weighted by Crippen LogP contribution is -3.21. The van der Waals surface area contributed by atoms with Crippen LogP contribution in [0.5, 0.6) is 11.5 Å². The van der Waals surface area contributed by atoms with Gasteiger partial charge in [0.15, 0.2) is 17.6 Å². The molecule has 1 unspecified atom stereocenters. The first-order valence-electron chi connectivity index (χ1n) is 11.7. The molecule has 1 spiro atoms. The first-order valence-corrected chi connectivity index (χ1v) is 11.7. The fraction of sp³-hybridized carbons (Fsp3) is 0.462. The fourth-order valence-electron chi connectivity index (χ4n) is 7.65. The zero-order chi connectivity index (χ0) is 20.5. The Morgan fingerprint density at radius 3 is 2.87 bits per heavy atom. The van der Waals surface area contributed by atoms with E-state index >= 15 is 0 Å². The molecule has 5 aliphatic rings. The molecule has 2 bridgehead atoms. The van der Waals surface area contributed by atoms with Gasteiger partial charge in [-0.15, -0.1) is 0 Å². The number of aliphatic hydroxyl groups is 1. The Kier molecular flexibility index (Phi) is 2.91. The molecule has 1 saturated heterocycles. The number of fused-ring (bicyclic) bond motifs is 4. The van der Waals surface area contributed by atoms with E-state index in [9.17, 15) is 10.2 Å². The first-order chi connectivity index (χ1) is 15.1. The Hall–Kier alpha value is -2.50. The molecule has 0 radical (unpaired) electrons. The minimum atomic E-state index is -0.911. The van der Waals surface area contributed by atoms with E-state index in [1.54, 1.807) is 11.0 Å². The van der Waals surface area contributed by atoms with Gasteiger partial charge in [-0.05, 0) is 30.5 Å². The van der Waals surface area contributed by atoms with Crippen molar-refractivity contribution in [1.29, 1.82) is 0 Å². The molecule has 0 amide bonds. The van der Waals surface area contributed by atoms with Gasteiger partial charge in [0.05, 0.1) is 18.5 Å². The summed E-state index contributed by atoms with van der Waals surface area (Å²) >= 11 is 0. The Morgan fingerprint density at radius 2 is 2.00 bits per heavy atom. The van der Waals surface area contributed by atoms with Crippen LogP contribution in [-0.4, -0.2) is 34.9 Å². The minimum Gasteiger partial charge on any atom is -0.504 e. The summed E-state index contributed by atoms with van der Waals surface area (Å²) in [5.74, 6) is 2.40. The SMILES string of the molecule is Oc1ccc2c3c1O[C@H]1c4oc5ccccc5c4C[C@@]4(O)[C@@H](C2)[NH+](CC2CC2)CC[C@]314. The van der Waals surface area contributed by atoms with Gasteiger partial charge in [0.25, 0.3) is 0 Å². The van der Waals surface area contributed by atoms with Crippen molar-refractivity contribution in [2.45, 2.75) is 55.3 Å². The van der Waals surface area contributed by atoms with Gasteiger partial charge in [0.1, 0.15) is 23.0 Å². The third kappa shape index (κ3) is 1.84. The van der Waals surface area contributed by atoms with Gasteiger partial charge in [-0.2, -0.15) is 0 Å². The summed E-state index contributed by atoms with van der Waals surface area (Å²) in [5.41, 5.74) is 2.77. The molecule has 3 aliphatic carbocycles. The van der Waals surface area contributed by atoms with Gasteiger partial charge in [-0.1, -0.05) is 24.3 Å². The van der Waals surface area contributed by atoms with E-state index in [0.29, 0.717) is 12.2 Å². The van der Waals surface area contributed by atoms with Crippen molar-refractivity contribution in [3.63, 3.8) is 0 Å². The van der Waals surface area contributed by atoms with Crippen LogP contribution in [0.4, 0.5) is 0 Å². The molecule has 3 heterocycles. The monoisotopic (exact) mass is 416 g/mol. The Morgan fingerprint density at radius 1 is 1.13 bits per heavy atom. The molecule has 5 heteroatoms. The highest BCUT2D eigenvalue weighted by molar-refractivity contribution is 5.84. The highest BCUT2D eigenvalue weighted by atomic mass is 16.5. The van der Waals surface area contributed by atoms with Crippen LogP contribution in [0.1, 0.15) is 47.8 Å². The number of hydrogen-bond acceptors (Lipinski definition) is 4. The summed E-state index contributed by atoms with van der Waals surface area (Å²) < 4.78 is 12.9. The number of aromatic hydroxyl groups is 1. The topological polar surface area (TPSA) is 67.3 Å². The van der Waals surface area contributed by atoms with Crippen LogP contribution in [-0.2, 0) is 18.3 Å². The molecule has 5 nitrogen and oxygen atoms in total. The van der Waals surface area contributed by atoms with Gasteiger partial charge in [0.2, 0.25) is 0 Å². The number of phenols is 1. The van der Waals surface area contributed by atoms with Crippen molar-refractivity contribution >= 4 is 11.0 Å². The Balaban J connectivity index is 1.43. The zero-order valence-corrected chi connectivity index (χ0v) is 17.4. The lowest BCUT2D eigenvalue weighted by Gasteiger charge is -2.60. The summed E-state index contributed by atoms with van der Waals surface area (Å²) in [6, 6.07) is 12.1. The third-order valence-electron chi connectivity index (χ3n) is 9.12. The molecule has 5 atom stereocenters. The predicted molar refractivity (Wildman–Crippen MR) is 114 cm³/mol. The van der Waals surface area contributed by atoms with Crippen LogP contribution in [0.25, 0.3) is 11.0 Å². The van der Waals surface area contributed by atoms with E-state index < -0.39 is 11.0 Å². The van der Waals surface area contributed by atoms with Crippen molar-refractivity contribution < 1.29 is 24.3 Å². The number of phenolic OH excluding ortho intramolecular Hbond substituents is 1. The minimum absolute atomic E-state index is 0.137. The van der Waals surface area contributed by atoms with Gasteiger partial charge in [0, 0.05) is 41.7 Å². The van der Waals surface area contributed by atoms with Crippen LogP contribution in [0, 0.1) is 5.92 Å². The zero-order valence-electron chi connectivity index (χ0n) is 17.4. The van der Waals surface area contributed by atoms with Crippen LogP contribution in [0.3, 0.4) is 0 Å².